The van der Waals surface area contributed by atoms with Crippen LogP contribution in [0.3, 0.4) is 0 Å². The number of allylic oxidation sites excluding steroid dienone is 3. The average Bonchev–Trinajstić information content (AvgIpc) is 1.88. The van der Waals surface area contributed by atoms with Crippen LogP contribution in [0.15, 0.2) is 22.9 Å². The van der Waals surface area contributed by atoms with Crippen molar-refractivity contribution in [3.05, 3.63) is 22.9 Å². The molecule has 0 radical (unpaired) electrons. The molecule has 0 unspecified atom stereocenters. The standard InChI is InChI=1S/C8H15NS/c1-4-6(2)8(5-10)7(3)9/h4,10H,5,9H2,1-3H3/b6-4-,8-7-. The molecule has 0 atom stereocenters. The highest BCUT2D eigenvalue weighted by molar-refractivity contribution is 7.80. The third kappa shape index (κ3) is 2.48. The van der Waals surface area contributed by atoms with Crippen molar-refractivity contribution >= 4 is 12.6 Å². The van der Waals surface area contributed by atoms with Crippen molar-refractivity contribution in [1.82, 2.24) is 0 Å². The predicted octanol–water partition coefficient (Wildman–Crippen LogP) is 2.12. The molecule has 0 spiro atoms. The molecule has 0 aliphatic carbocycles. The van der Waals surface area contributed by atoms with E-state index in [9.17, 15) is 0 Å². The van der Waals surface area contributed by atoms with Crippen LogP contribution >= 0.6 is 12.6 Å². The Labute approximate surface area is 68.4 Å². The van der Waals surface area contributed by atoms with Gasteiger partial charge in [-0.1, -0.05) is 6.08 Å². The molecular formula is C8H15NS. The number of hydrogen-bond acceptors (Lipinski definition) is 2. The first-order valence-corrected chi connectivity index (χ1v) is 3.96. The molecule has 1 nitrogen and oxygen atoms in total. The molecule has 0 saturated carbocycles. The van der Waals surface area contributed by atoms with Gasteiger partial charge in [0.2, 0.25) is 0 Å². The van der Waals surface area contributed by atoms with E-state index in [-0.39, 0.29) is 0 Å². The van der Waals surface area contributed by atoms with E-state index in [1.54, 1.807) is 0 Å². The molecule has 2 heteroatoms. The molecule has 0 aromatic rings. The molecule has 0 heterocycles. The minimum absolute atomic E-state index is 0.721. The second kappa shape index (κ2) is 4.45. The summed E-state index contributed by atoms with van der Waals surface area (Å²) in [5, 5.41) is 0. The minimum Gasteiger partial charge on any atom is -0.402 e. The van der Waals surface area contributed by atoms with Crippen LogP contribution in [-0.2, 0) is 0 Å². The highest BCUT2D eigenvalue weighted by Crippen LogP contribution is 2.12. The molecule has 0 saturated heterocycles. The Kier molecular flexibility index (Phi) is 4.28. The van der Waals surface area contributed by atoms with Crippen LogP contribution in [0.2, 0.25) is 0 Å². The maximum Gasteiger partial charge on any atom is 0.0173 e. The second-order valence-corrected chi connectivity index (χ2v) is 2.61. The molecule has 0 amide bonds. The molecule has 10 heavy (non-hydrogen) atoms. The van der Waals surface area contributed by atoms with Gasteiger partial charge in [-0.05, 0) is 31.9 Å². The zero-order chi connectivity index (χ0) is 8.15. The number of nitrogens with two attached hydrogens (primary N) is 1. The topological polar surface area (TPSA) is 26.0 Å². The highest BCUT2D eigenvalue weighted by Gasteiger charge is 1.97. The number of rotatable bonds is 2. The Morgan fingerprint density at radius 1 is 1.50 bits per heavy atom. The summed E-state index contributed by atoms with van der Waals surface area (Å²) in [6.07, 6.45) is 2.04. The smallest absolute Gasteiger partial charge is 0.0173 e. The van der Waals surface area contributed by atoms with Crippen LogP contribution in [0.4, 0.5) is 0 Å². The summed E-state index contributed by atoms with van der Waals surface area (Å²) in [6.45, 7) is 5.95. The van der Waals surface area contributed by atoms with E-state index in [1.807, 2.05) is 26.8 Å². The van der Waals surface area contributed by atoms with Crippen LogP contribution in [0.1, 0.15) is 20.8 Å². The first-order chi connectivity index (χ1) is 4.63. The van der Waals surface area contributed by atoms with Crippen molar-refractivity contribution in [3.8, 4) is 0 Å². The molecule has 0 aliphatic heterocycles. The third-order valence-electron chi connectivity index (χ3n) is 1.54. The van der Waals surface area contributed by atoms with Crippen LogP contribution in [0.5, 0.6) is 0 Å². The number of hydrogen-bond donors (Lipinski definition) is 2. The fourth-order valence-electron chi connectivity index (χ4n) is 0.735. The quantitative estimate of drug-likeness (QED) is 0.466. The van der Waals surface area contributed by atoms with Gasteiger partial charge in [0.05, 0.1) is 0 Å². The lowest BCUT2D eigenvalue weighted by Gasteiger charge is -2.05. The lowest BCUT2D eigenvalue weighted by Crippen LogP contribution is -2.00. The van der Waals surface area contributed by atoms with E-state index in [0.717, 1.165) is 17.0 Å². The van der Waals surface area contributed by atoms with E-state index < -0.39 is 0 Å². The minimum atomic E-state index is 0.721. The molecule has 0 fully saturated rings. The van der Waals surface area contributed by atoms with E-state index in [4.69, 9.17) is 5.73 Å². The van der Waals surface area contributed by atoms with Crippen molar-refractivity contribution < 1.29 is 0 Å². The normalized spacial score (nSPS) is 15.0. The largest absolute Gasteiger partial charge is 0.402 e. The van der Waals surface area contributed by atoms with Gasteiger partial charge in [-0.15, -0.1) is 0 Å². The van der Waals surface area contributed by atoms with Gasteiger partial charge in [-0.2, -0.15) is 12.6 Å². The first-order valence-electron chi connectivity index (χ1n) is 3.32. The summed E-state index contributed by atoms with van der Waals surface area (Å²) in [4.78, 5) is 0. The SMILES string of the molecule is C/C=C(C)\C(CS)=C(\C)N. The summed E-state index contributed by atoms with van der Waals surface area (Å²) in [5.74, 6) is 0.721. The van der Waals surface area contributed by atoms with Crippen molar-refractivity contribution in [2.75, 3.05) is 5.75 Å². The van der Waals surface area contributed by atoms with E-state index in [0.29, 0.717) is 0 Å². The maximum atomic E-state index is 5.61. The fraction of sp³-hybridized carbons (Fsp3) is 0.500. The van der Waals surface area contributed by atoms with E-state index in [1.165, 1.54) is 5.57 Å². The van der Waals surface area contributed by atoms with Crippen molar-refractivity contribution in [2.45, 2.75) is 20.8 Å². The van der Waals surface area contributed by atoms with Crippen molar-refractivity contribution in [2.24, 2.45) is 5.73 Å². The Morgan fingerprint density at radius 3 is 2.10 bits per heavy atom. The van der Waals surface area contributed by atoms with E-state index >= 15 is 0 Å². The summed E-state index contributed by atoms with van der Waals surface area (Å²) in [7, 11) is 0. The number of thiol groups is 1. The molecule has 2 N–H and O–H groups in total. The lowest BCUT2D eigenvalue weighted by atomic mass is 10.1. The van der Waals surface area contributed by atoms with Gasteiger partial charge in [0, 0.05) is 11.4 Å². The van der Waals surface area contributed by atoms with E-state index in [2.05, 4.69) is 12.6 Å². The van der Waals surface area contributed by atoms with Crippen LogP contribution in [-0.4, -0.2) is 5.75 Å². The van der Waals surface area contributed by atoms with Crippen LogP contribution in [0, 0.1) is 0 Å². The molecule has 58 valence electrons. The Hall–Kier alpha value is -0.370. The van der Waals surface area contributed by atoms with Crippen LogP contribution < -0.4 is 5.73 Å². The molecular weight excluding hydrogens is 142 g/mol. The van der Waals surface area contributed by atoms with Gasteiger partial charge in [0.15, 0.2) is 0 Å². The molecule has 0 bridgehead atoms. The van der Waals surface area contributed by atoms with Gasteiger partial charge in [-0.25, -0.2) is 0 Å². The Bertz CT molecular complexity index is 158. The zero-order valence-corrected chi connectivity index (χ0v) is 7.70. The summed E-state index contributed by atoms with van der Waals surface area (Å²) in [5.41, 5.74) is 8.84. The average molecular weight is 157 g/mol. The summed E-state index contributed by atoms with van der Waals surface area (Å²) in [6, 6.07) is 0. The first kappa shape index (κ1) is 9.63. The molecule has 0 aromatic carbocycles. The Balaban J connectivity index is 4.54. The van der Waals surface area contributed by atoms with Gasteiger partial charge < -0.3 is 5.73 Å². The van der Waals surface area contributed by atoms with Gasteiger partial charge in [-0.3, -0.25) is 0 Å². The zero-order valence-electron chi connectivity index (χ0n) is 6.81. The highest BCUT2D eigenvalue weighted by atomic mass is 32.1. The van der Waals surface area contributed by atoms with Crippen LogP contribution in [0.25, 0.3) is 0 Å². The van der Waals surface area contributed by atoms with Crippen molar-refractivity contribution in [1.29, 1.82) is 0 Å². The molecule has 0 rings (SSSR count). The van der Waals surface area contributed by atoms with Gasteiger partial charge in [0.25, 0.3) is 0 Å². The van der Waals surface area contributed by atoms with Gasteiger partial charge in [0.1, 0.15) is 0 Å². The summed E-state index contributed by atoms with van der Waals surface area (Å²) < 4.78 is 0. The third-order valence-corrected chi connectivity index (χ3v) is 1.86. The molecule has 0 aromatic heterocycles. The van der Waals surface area contributed by atoms with Crippen molar-refractivity contribution in [3.63, 3.8) is 0 Å². The Morgan fingerprint density at radius 2 is 2.00 bits per heavy atom. The van der Waals surface area contributed by atoms with Gasteiger partial charge >= 0.3 is 0 Å². The predicted molar refractivity (Wildman–Crippen MR) is 50.2 cm³/mol. The molecule has 0 aliphatic rings. The monoisotopic (exact) mass is 157 g/mol. The lowest BCUT2D eigenvalue weighted by molar-refractivity contribution is 1.19. The summed E-state index contributed by atoms with van der Waals surface area (Å²) >= 11 is 4.17. The fourth-order valence-corrected chi connectivity index (χ4v) is 1.23. The second-order valence-electron chi connectivity index (χ2n) is 2.29. The maximum absolute atomic E-state index is 5.61.